The van der Waals surface area contributed by atoms with Crippen molar-refractivity contribution in [3.05, 3.63) is 35.9 Å². The molecule has 0 aliphatic rings. The SMILES string of the molecule is CC.COS(=O)(=O)OCc1ccccc1. The second-order valence-electron chi connectivity index (χ2n) is 2.32. The van der Waals surface area contributed by atoms with Crippen LogP contribution in [0.2, 0.25) is 0 Å². The number of rotatable bonds is 4. The molecule has 0 radical (unpaired) electrons. The van der Waals surface area contributed by atoms with Gasteiger partial charge in [-0.1, -0.05) is 44.2 Å². The highest BCUT2D eigenvalue weighted by atomic mass is 32.3. The molecule has 0 saturated carbocycles. The lowest BCUT2D eigenvalue weighted by Crippen LogP contribution is -2.06. The molecule has 1 aromatic carbocycles. The summed E-state index contributed by atoms with van der Waals surface area (Å²) in [6.07, 6.45) is 0. The van der Waals surface area contributed by atoms with Gasteiger partial charge >= 0.3 is 10.4 Å². The second-order valence-corrected chi connectivity index (χ2v) is 3.71. The van der Waals surface area contributed by atoms with Crippen LogP contribution in [0.15, 0.2) is 30.3 Å². The lowest BCUT2D eigenvalue weighted by molar-refractivity contribution is 0.236. The predicted octanol–water partition coefficient (Wildman–Crippen LogP) is 2.12. The highest BCUT2D eigenvalue weighted by Gasteiger charge is 2.07. The summed E-state index contributed by atoms with van der Waals surface area (Å²) in [6.45, 7) is 4.00. The monoisotopic (exact) mass is 232 g/mol. The first-order valence-electron chi connectivity index (χ1n) is 4.63. The predicted molar refractivity (Wildman–Crippen MR) is 58.5 cm³/mol. The summed E-state index contributed by atoms with van der Waals surface area (Å²) in [5.41, 5.74) is 0.781. The molecule has 0 spiro atoms. The van der Waals surface area contributed by atoms with Crippen LogP contribution in [0, 0.1) is 0 Å². The van der Waals surface area contributed by atoms with E-state index >= 15 is 0 Å². The van der Waals surface area contributed by atoms with Gasteiger partial charge in [-0.25, -0.2) is 4.18 Å². The van der Waals surface area contributed by atoms with Gasteiger partial charge in [0, 0.05) is 0 Å². The number of benzene rings is 1. The zero-order valence-corrected chi connectivity index (χ0v) is 9.95. The lowest BCUT2D eigenvalue weighted by Gasteiger charge is -2.01. The van der Waals surface area contributed by atoms with Crippen LogP contribution in [0.25, 0.3) is 0 Å². The van der Waals surface area contributed by atoms with Crippen LogP contribution in [-0.2, 0) is 25.4 Å². The molecule has 15 heavy (non-hydrogen) atoms. The minimum absolute atomic E-state index is 0.00296. The van der Waals surface area contributed by atoms with Gasteiger partial charge in [0.05, 0.1) is 13.7 Å². The first-order chi connectivity index (χ1) is 7.14. The Labute approximate surface area is 91.2 Å². The molecule has 0 heterocycles. The van der Waals surface area contributed by atoms with E-state index in [9.17, 15) is 8.42 Å². The van der Waals surface area contributed by atoms with Gasteiger partial charge in [-0.15, -0.1) is 0 Å². The van der Waals surface area contributed by atoms with Crippen molar-refractivity contribution in [1.29, 1.82) is 0 Å². The Balaban J connectivity index is 0.000000921. The van der Waals surface area contributed by atoms with Crippen molar-refractivity contribution in [2.45, 2.75) is 20.5 Å². The molecule has 0 aliphatic heterocycles. The molecule has 4 nitrogen and oxygen atoms in total. The topological polar surface area (TPSA) is 52.6 Å². The maximum absolute atomic E-state index is 10.7. The Morgan fingerprint density at radius 3 is 2.13 bits per heavy atom. The average Bonchev–Trinajstić information content (AvgIpc) is 2.31. The van der Waals surface area contributed by atoms with E-state index in [1.54, 1.807) is 24.3 Å². The van der Waals surface area contributed by atoms with E-state index in [1.807, 2.05) is 19.9 Å². The molecular formula is C10H16O4S. The summed E-state index contributed by atoms with van der Waals surface area (Å²) in [4.78, 5) is 0. The van der Waals surface area contributed by atoms with Crippen LogP contribution < -0.4 is 0 Å². The Hall–Kier alpha value is -0.910. The zero-order valence-electron chi connectivity index (χ0n) is 9.14. The summed E-state index contributed by atoms with van der Waals surface area (Å²) in [5.74, 6) is 0. The molecule has 0 saturated heterocycles. The van der Waals surface area contributed by atoms with Gasteiger partial charge in [0.2, 0.25) is 0 Å². The van der Waals surface area contributed by atoms with Crippen LogP contribution in [0.5, 0.6) is 0 Å². The third kappa shape index (κ3) is 6.22. The molecule has 0 unspecified atom stereocenters. The Morgan fingerprint density at radius 2 is 1.67 bits per heavy atom. The Bertz CT molecular complexity index is 345. The average molecular weight is 232 g/mol. The largest absolute Gasteiger partial charge is 0.399 e. The van der Waals surface area contributed by atoms with Crippen LogP contribution in [0.1, 0.15) is 19.4 Å². The quantitative estimate of drug-likeness (QED) is 0.798. The number of hydrogen-bond donors (Lipinski definition) is 0. The molecule has 0 aromatic heterocycles. The molecule has 0 N–H and O–H groups in total. The van der Waals surface area contributed by atoms with E-state index in [2.05, 4.69) is 8.37 Å². The fraction of sp³-hybridized carbons (Fsp3) is 0.400. The van der Waals surface area contributed by atoms with Crippen LogP contribution in [0.4, 0.5) is 0 Å². The van der Waals surface area contributed by atoms with Crippen molar-refractivity contribution in [1.82, 2.24) is 0 Å². The molecule has 0 aliphatic carbocycles. The molecule has 1 rings (SSSR count). The van der Waals surface area contributed by atoms with Crippen LogP contribution in [-0.4, -0.2) is 15.5 Å². The molecule has 0 atom stereocenters. The van der Waals surface area contributed by atoms with Gasteiger partial charge < -0.3 is 0 Å². The fourth-order valence-electron chi connectivity index (χ4n) is 0.763. The first kappa shape index (κ1) is 14.1. The van der Waals surface area contributed by atoms with E-state index in [-0.39, 0.29) is 6.61 Å². The zero-order chi connectivity index (χ0) is 11.7. The summed E-state index contributed by atoms with van der Waals surface area (Å²) in [6, 6.07) is 8.99. The second kappa shape index (κ2) is 7.39. The van der Waals surface area contributed by atoms with Crippen molar-refractivity contribution < 1.29 is 16.8 Å². The minimum Gasteiger partial charge on any atom is -0.252 e. The summed E-state index contributed by atoms with van der Waals surface area (Å²) in [7, 11) is -2.76. The minimum atomic E-state index is -3.82. The van der Waals surface area contributed by atoms with Crippen molar-refractivity contribution in [3.8, 4) is 0 Å². The van der Waals surface area contributed by atoms with Gasteiger partial charge in [-0.3, -0.25) is 4.18 Å². The van der Waals surface area contributed by atoms with Crippen LogP contribution in [0.3, 0.4) is 0 Å². The normalized spacial score (nSPS) is 10.3. The van der Waals surface area contributed by atoms with E-state index in [4.69, 9.17) is 0 Å². The van der Waals surface area contributed by atoms with Crippen molar-refractivity contribution in [2.75, 3.05) is 7.11 Å². The molecule has 86 valence electrons. The molecule has 1 aromatic rings. The van der Waals surface area contributed by atoms with Crippen molar-refractivity contribution >= 4 is 10.4 Å². The van der Waals surface area contributed by atoms with E-state index in [0.29, 0.717) is 0 Å². The molecular weight excluding hydrogens is 216 g/mol. The van der Waals surface area contributed by atoms with E-state index in [1.165, 1.54) is 0 Å². The Morgan fingerprint density at radius 1 is 1.13 bits per heavy atom. The highest BCUT2D eigenvalue weighted by molar-refractivity contribution is 7.81. The maximum Gasteiger partial charge on any atom is 0.399 e. The Kier molecular flexibility index (Phi) is 6.94. The molecule has 5 heteroatoms. The summed E-state index contributed by atoms with van der Waals surface area (Å²) >= 11 is 0. The standard InChI is InChI=1S/C8H10O4S.C2H6/c1-11-13(9,10)12-7-8-5-3-2-4-6-8;1-2/h2-6H,7H2,1H3;1-2H3. The number of hydrogen-bond acceptors (Lipinski definition) is 4. The smallest absolute Gasteiger partial charge is 0.252 e. The van der Waals surface area contributed by atoms with Gasteiger partial charge in [-0.2, -0.15) is 8.42 Å². The molecule has 0 amide bonds. The molecule has 0 fully saturated rings. The highest BCUT2D eigenvalue weighted by Crippen LogP contribution is 2.03. The summed E-state index contributed by atoms with van der Waals surface area (Å²) in [5, 5.41) is 0. The van der Waals surface area contributed by atoms with Gasteiger partial charge in [0.1, 0.15) is 0 Å². The van der Waals surface area contributed by atoms with Gasteiger partial charge in [0.25, 0.3) is 0 Å². The summed E-state index contributed by atoms with van der Waals surface area (Å²) < 4.78 is 30.1. The van der Waals surface area contributed by atoms with Gasteiger partial charge in [-0.05, 0) is 5.56 Å². The lowest BCUT2D eigenvalue weighted by atomic mass is 10.2. The maximum atomic E-state index is 10.7. The third-order valence-corrected chi connectivity index (χ3v) is 2.23. The van der Waals surface area contributed by atoms with E-state index < -0.39 is 10.4 Å². The fourth-order valence-corrected chi connectivity index (χ4v) is 1.14. The molecule has 0 bridgehead atoms. The van der Waals surface area contributed by atoms with Crippen molar-refractivity contribution in [3.63, 3.8) is 0 Å². The van der Waals surface area contributed by atoms with Crippen LogP contribution >= 0.6 is 0 Å². The first-order valence-corrected chi connectivity index (χ1v) is 5.96. The van der Waals surface area contributed by atoms with Gasteiger partial charge in [0.15, 0.2) is 0 Å². The third-order valence-electron chi connectivity index (χ3n) is 1.42. The van der Waals surface area contributed by atoms with E-state index in [0.717, 1.165) is 12.7 Å². The van der Waals surface area contributed by atoms with Crippen molar-refractivity contribution in [2.24, 2.45) is 0 Å².